The van der Waals surface area contributed by atoms with Gasteiger partial charge >= 0.3 is 5.97 Å². The molecule has 1 heterocycles. The molecule has 18 heavy (non-hydrogen) atoms. The second-order valence-corrected chi connectivity index (χ2v) is 5.27. The van der Waals surface area contributed by atoms with Crippen molar-refractivity contribution in [3.63, 3.8) is 0 Å². The van der Waals surface area contributed by atoms with E-state index in [0.717, 1.165) is 18.4 Å². The van der Waals surface area contributed by atoms with E-state index in [1.165, 1.54) is 12.8 Å². The lowest BCUT2D eigenvalue weighted by Crippen LogP contribution is -2.35. The standard InChI is InChI=1S/C13H21N3O2/c1-9(2)16-8-10(7-14-16)12(13(17)18)15-11-5-3-4-6-11/h7-9,11-12,15H,3-6H2,1-2H3,(H,17,18). The van der Waals surface area contributed by atoms with Gasteiger partial charge in [-0.2, -0.15) is 5.10 Å². The van der Waals surface area contributed by atoms with Gasteiger partial charge in [-0.1, -0.05) is 12.8 Å². The number of carboxylic acid groups (broad SMARTS) is 1. The van der Waals surface area contributed by atoms with E-state index in [-0.39, 0.29) is 6.04 Å². The molecule has 0 amide bonds. The van der Waals surface area contributed by atoms with Gasteiger partial charge in [-0.05, 0) is 26.7 Å². The van der Waals surface area contributed by atoms with Crippen molar-refractivity contribution >= 4 is 5.97 Å². The Hall–Kier alpha value is -1.36. The highest BCUT2D eigenvalue weighted by molar-refractivity contribution is 5.75. The first-order valence-corrected chi connectivity index (χ1v) is 6.61. The zero-order chi connectivity index (χ0) is 13.1. The minimum Gasteiger partial charge on any atom is -0.480 e. The van der Waals surface area contributed by atoms with Crippen molar-refractivity contribution < 1.29 is 9.90 Å². The molecule has 1 unspecified atom stereocenters. The van der Waals surface area contributed by atoms with Crippen LogP contribution < -0.4 is 5.32 Å². The van der Waals surface area contributed by atoms with E-state index in [0.29, 0.717) is 6.04 Å². The zero-order valence-corrected chi connectivity index (χ0v) is 11.0. The number of rotatable bonds is 5. The third-order valence-electron chi connectivity index (χ3n) is 3.49. The van der Waals surface area contributed by atoms with Gasteiger partial charge in [0, 0.05) is 23.8 Å². The lowest BCUT2D eigenvalue weighted by molar-refractivity contribution is -0.139. The molecule has 2 N–H and O–H groups in total. The van der Waals surface area contributed by atoms with Crippen molar-refractivity contribution in [2.75, 3.05) is 0 Å². The van der Waals surface area contributed by atoms with E-state index in [1.54, 1.807) is 10.9 Å². The highest BCUT2D eigenvalue weighted by Gasteiger charge is 2.26. The fourth-order valence-electron chi connectivity index (χ4n) is 2.42. The van der Waals surface area contributed by atoms with Gasteiger partial charge in [0.15, 0.2) is 0 Å². The number of aromatic nitrogens is 2. The molecule has 0 aromatic carbocycles. The second kappa shape index (κ2) is 5.52. The number of hydrogen-bond donors (Lipinski definition) is 2. The van der Waals surface area contributed by atoms with E-state index in [2.05, 4.69) is 10.4 Å². The molecule has 100 valence electrons. The van der Waals surface area contributed by atoms with Crippen molar-refractivity contribution in [3.8, 4) is 0 Å². The summed E-state index contributed by atoms with van der Waals surface area (Å²) in [6.45, 7) is 4.05. The van der Waals surface area contributed by atoms with Crippen LogP contribution in [0.4, 0.5) is 0 Å². The monoisotopic (exact) mass is 251 g/mol. The lowest BCUT2D eigenvalue weighted by atomic mass is 10.1. The molecule has 0 aliphatic heterocycles. The molecule has 2 rings (SSSR count). The number of nitrogens with one attached hydrogen (secondary N) is 1. The average Bonchev–Trinajstić information content (AvgIpc) is 2.96. The molecule has 0 radical (unpaired) electrons. The van der Waals surface area contributed by atoms with E-state index >= 15 is 0 Å². The van der Waals surface area contributed by atoms with Crippen LogP contribution in [0.2, 0.25) is 0 Å². The van der Waals surface area contributed by atoms with Crippen LogP contribution in [0, 0.1) is 0 Å². The summed E-state index contributed by atoms with van der Waals surface area (Å²) in [5, 5.41) is 16.8. The zero-order valence-electron chi connectivity index (χ0n) is 11.0. The van der Waals surface area contributed by atoms with Gasteiger partial charge in [-0.3, -0.25) is 14.8 Å². The largest absolute Gasteiger partial charge is 0.480 e. The smallest absolute Gasteiger partial charge is 0.325 e. The molecule has 1 aliphatic carbocycles. The number of nitrogens with zero attached hydrogens (tertiary/aromatic N) is 2. The summed E-state index contributed by atoms with van der Waals surface area (Å²) < 4.78 is 1.79. The fourth-order valence-corrected chi connectivity index (χ4v) is 2.42. The summed E-state index contributed by atoms with van der Waals surface area (Å²) in [6, 6.07) is -0.0613. The summed E-state index contributed by atoms with van der Waals surface area (Å²) in [4.78, 5) is 11.4. The molecule has 5 nitrogen and oxygen atoms in total. The molecule has 1 aromatic heterocycles. The van der Waals surface area contributed by atoms with E-state index in [4.69, 9.17) is 0 Å². The maximum absolute atomic E-state index is 11.4. The first-order chi connectivity index (χ1) is 8.58. The Labute approximate surface area is 107 Å². The molecule has 1 aliphatic rings. The molecule has 5 heteroatoms. The fraction of sp³-hybridized carbons (Fsp3) is 0.692. The maximum Gasteiger partial charge on any atom is 0.325 e. The van der Waals surface area contributed by atoms with Crippen molar-refractivity contribution in [2.24, 2.45) is 0 Å². The van der Waals surface area contributed by atoms with Gasteiger partial charge in [0.2, 0.25) is 0 Å². The molecule has 0 saturated heterocycles. The molecular formula is C13H21N3O2. The van der Waals surface area contributed by atoms with E-state index in [1.807, 2.05) is 20.0 Å². The first kappa shape index (κ1) is 13.1. The summed E-state index contributed by atoms with van der Waals surface area (Å²) >= 11 is 0. The Balaban J connectivity index is 2.10. The predicted octanol–water partition coefficient (Wildman–Crippen LogP) is 2.12. The number of aliphatic carboxylic acids is 1. The van der Waals surface area contributed by atoms with Crippen molar-refractivity contribution in [1.82, 2.24) is 15.1 Å². The Morgan fingerprint density at radius 1 is 1.50 bits per heavy atom. The summed E-state index contributed by atoms with van der Waals surface area (Å²) in [5.74, 6) is -0.829. The second-order valence-electron chi connectivity index (χ2n) is 5.27. The predicted molar refractivity (Wildman–Crippen MR) is 68.4 cm³/mol. The minimum atomic E-state index is -0.829. The van der Waals surface area contributed by atoms with Gasteiger partial charge in [-0.15, -0.1) is 0 Å². The third-order valence-corrected chi connectivity index (χ3v) is 3.49. The van der Waals surface area contributed by atoms with Crippen LogP contribution in [0.5, 0.6) is 0 Å². The molecule has 1 aromatic rings. The van der Waals surface area contributed by atoms with Crippen LogP contribution in [0.25, 0.3) is 0 Å². The summed E-state index contributed by atoms with van der Waals surface area (Å²) in [5.41, 5.74) is 0.739. The lowest BCUT2D eigenvalue weighted by Gasteiger charge is -2.18. The molecule has 1 fully saturated rings. The highest BCUT2D eigenvalue weighted by atomic mass is 16.4. The Morgan fingerprint density at radius 2 is 2.17 bits per heavy atom. The topological polar surface area (TPSA) is 67.2 Å². The Kier molecular flexibility index (Phi) is 4.01. The quantitative estimate of drug-likeness (QED) is 0.841. The molecular weight excluding hydrogens is 230 g/mol. The number of carbonyl (C=O) groups is 1. The normalized spacial score (nSPS) is 18.4. The summed E-state index contributed by atoms with van der Waals surface area (Å²) in [7, 11) is 0. The molecule has 0 bridgehead atoms. The maximum atomic E-state index is 11.4. The van der Waals surface area contributed by atoms with Gasteiger partial charge < -0.3 is 5.11 Å². The van der Waals surface area contributed by atoms with E-state index < -0.39 is 12.0 Å². The van der Waals surface area contributed by atoms with E-state index in [9.17, 15) is 9.90 Å². The number of hydrogen-bond acceptors (Lipinski definition) is 3. The molecule has 1 saturated carbocycles. The van der Waals surface area contributed by atoms with Crippen LogP contribution in [0.3, 0.4) is 0 Å². The number of carboxylic acids is 1. The van der Waals surface area contributed by atoms with Crippen LogP contribution in [0.1, 0.15) is 57.2 Å². The Morgan fingerprint density at radius 3 is 2.67 bits per heavy atom. The van der Waals surface area contributed by atoms with Crippen molar-refractivity contribution in [3.05, 3.63) is 18.0 Å². The van der Waals surface area contributed by atoms with Crippen LogP contribution in [-0.4, -0.2) is 26.9 Å². The molecule has 0 spiro atoms. The van der Waals surface area contributed by atoms with Gasteiger partial charge in [0.1, 0.15) is 6.04 Å². The SMILES string of the molecule is CC(C)n1cc(C(NC2CCCC2)C(=O)O)cn1. The van der Waals surface area contributed by atoms with Crippen LogP contribution >= 0.6 is 0 Å². The van der Waals surface area contributed by atoms with Gasteiger partial charge in [0.25, 0.3) is 0 Å². The van der Waals surface area contributed by atoms with Crippen LogP contribution in [-0.2, 0) is 4.79 Å². The minimum absolute atomic E-state index is 0.250. The van der Waals surface area contributed by atoms with Gasteiger partial charge in [-0.25, -0.2) is 0 Å². The van der Waals surface area contributed by atoms with Crippen LogP contribution in [0.15, 0.2) is 12.4 Å². The summed E-state index contributed by atoms with van der Waals surface area (Å²) in [6.07, 6.45) is 8.00. The Bertz CT molecular complexity index is 408. The average molecular weight is 251 g/mol. The van der Waals surface area contributed by atoms with Crippen molar-refractivity contribution in [1.29, 1.82) is 0 Å². The van der Waals surface area contributed by atoms with Gasteiger partial charge in [0.05, 0.1) is 6.20 Å². The first-order valence-electron chi connectivity index (χ1n) is 6.61. The third kappa shape index (κ3) is 2.90. The molecule has 1 atom stereocenters. The van der Waals surface area contributed by atoms with Crippen molar-refractivity contribution in [2.45, 2.75) is 57.7 Å². The highest BCUT2D eigenvalue weighted by Crippen LogP contribution is 2.22.